The summed E-state index contributed by atoms with van der Waals surface area (Å²) in [6, 6.07) is 30.3. The molecule has 1 unspecified atom stereocenters. The summed E-state index contributed by atoms with van der Waals surface area (Å²) in [4.78, 5) is 44.2. The van der Waals surface area contributed by atoms with E-state index in [9.17, 15) is 14.4 Å². The first-order valence-electron chi connectivity index (χ1n) is 15.5. The van der Waals surface area contributed by atoms with Crippen molar-refractivity contribution < 1.29 is 14.4 Å². The van der Waals surface area contributed by atoms with Gasteiger partial charge in [0.05, 0.1) is 13.0 Å². The van der Waals surface area contributed by atoms with Crippen LogP contribution >= 0.6 is 57.4 Å². The molecule has 0 saturated carbocycles. The summed E-state index contributed by atoms with van der Waals surface area (Å²) in [5.74, 6) is -0.689. The van der Waals surface area contributed by atoms with Gasteiger partial charge in [-0.15, -0.1) is 0 Å². The normalized spacial score (nSPS) is 15.0. The molecule has 0 spiro atoms. The molecule has 0 aromatic heterocycles. The zero-order valence-corrected chi connectivity index (χ0v) is 30.1. The van der Waals surface area contributed by atoms with Gasteiger partial charge < -0.3 is 15.1 Å². The molecule has 47 heavy (non-hydrogen) atoms. The summed E-state index contributed by atoms with van der Waals surface area (Å²) in [5, 5.41) is 4.66. The van der Waals surface area contributed by atoms with Crippen LogP contribution in [0.15, 0.2) is 97.1 Å². The van der Waals surface area contributed by atoms with Crippen LogP contribution < -0.4 is 5.32 Å². The Morgan fingerprint density at radius 2 is 1.43 bits per heavy atom. The Bertz CT molecular complexity index is 1670. The molecule has 4 aromatic carbocycles. The molecule has 0 radical (unpaired) electrons. The van der Waals surface area contributed by atoms with E-state index in [1.165, 1.54) is 0 Å². The Morgan fingerprint density at radius 1 is 0.809 bits per heavy atom. The zero-order valence-electron chi connectivity index (χ0n) is 25.7. The number of halogens is 4. The molecule has 1 atom stereocenters. The van der Waals surface area contributed by atoms with E-state index in [0.29, 0.717) is 54.0 Å². The maximum atomic E-state index is 14.0. The van der Waals surface area contributed by atoms with Gasteiger partial charge in [0.25, 0.3) is 0 Å². The van der Waals surface area contributed by atoms with Crippen molar-refractivity contribution in [1.29, 1.82) is 0 Å². The van der Waals surface area contributed by atoms with Crippen LogP contribution in [0, 0.1) is 3.57 Å². The highest BCUT2D eigenvalue weighted by atomic mass is 127. The summed E-state index contributed by atoms with van der Waals surface area (Å²) in [5.41, 5.74) is 4.16. The van der Waals surface area contributed by atoms with Gasteiger partial charge in [-0.3, -0.25) is 14.4 Å². The number of hydrogen-bond acceptors (Lipinski definition) is 3. The van der Waals surface area contributed by atoms with Crippen molar-refractivity contribution in [3.05, 3.63) is 138 Å². The summed E-state index contributed by atoms with van der Waals surface area (Å²) >= 11 is 20.8. The first kappa shape index (κ1) is 35.2. The highest BCUT2D eigenvalue weighted by molar-refractivity contribution is 14.1. The molecule has 1 N–H and O–H groups in total. The van der Waals surface area contributed by atoms with E-state index in [2.05, 4.69) is 52.2 Å². The van der Waals surface area contributed by atoms with Crippen LogP contribution in [0.1, 0.15) is 41.0 Å². The maximum absolute atomic E-state index is 14.0. The van der Waals surface area contributed by atoms with Gasteiger partial charge >= 0.3 is 0 Å². The van der Waals surface area contributed by atoms with Gasteiger partial charge in [0.1, 0.15) is 6.04 Å². The second kappa shape index (κ2) is 16.8. The van der Waals surface area contributed by atoms with Crippen LogP contribution in [0.3, 0.4) is 0 Å². The number of nitrogens with one attached hydrogen (secondary N) is 1. The van der Waals surface area contributed by atoms with Crippen molar-refractivity contribution in [2.24, 2.45) is 0 Å². The van der Waals surface area contributed by atoms with Gasteiger partial charge in [0.15, 0.2) is 0 Å². The Balaban J connectivity index is 1.32. The largest absolute Gasteiger partial charge is 0.356 e. The molecule has 244 valence electrons. The van der Waals surface area contributed by atoms with Crippen LogP contribution in [-0.2, 0) is 27.2 Å². The molecule has 6 nitrogen and oxygen atoms in total. The maximum Gasteiger partial charge on any atom is 0.246 e. The monoisotopic (exact) mass is 801 g/mol. The minimum atomic E-state index is -0.917. The smallest absolute Gasteiger partial charge is 0.246 e. The predicted molar refractivity (Wildman–Crippen MR) is 197 cm³/mol. The van der Waals surface area contributed by atoms with Crippen LogP contribution in [0.5, 0.6) is 0 Å². The van der Waals surface area contributed by atoms with E-state index in [1.54, 1.807) is 21.9 Å². The fraction of sp³-hybridized carbons (Fsp3) is 0.270. The summed E-state index contributed by atoms with van der Waals surface area (Å²) in [7, 11) is 0. The van der Waals surface area contributed by atoms with Gasteiger partial charge in [-0.25, -0.2) is 0 Å². The SMILES string of the molecule is O=C(CC1C(=O)N(CCc2ccc(Cl)cc2Cl)CC(=O)N1CCC(c1ccccc1)c1ccccc1)NCCc1ccc(Cl)cc1I. The lowest BCUT2D eigenvalue weighted by atomic mass is 9.88. The summed E-state index contributed by atoms with van der Waals surface area (Å²) in [6.07, 6.45) is 1.55. The first-order valence-corrected chi connectivity index (χ1v) is 17.7. The Kier molecular flexibility index (Phi) is 12.6. The molecule has 0 aliphatic carbocycles. The van der Waals surface area contributed by atoms with Crippen LogP contribution in [-0.4, -0.2) is 59.7 Å². The minimum absolute atomic E-state index is 0.0155. The average molecular weight is 803 g/mol. The lowest BCUT2D eigenvalue weighted by Gasteiger charge is -2.40. The molecule has 1 heterocycles. The van der Waals surface area contributed by atoms with Gasteiger partial charge in [-0.1, -0.05) is 108 Å². The van der Waals surface area contributed by atoms with Crippen molar-refractivity contribution in [1.82, 2.24) is 15.1 Å². The van der Waals surface area contributed by atoms with Crippen LogP contribution in [0.25, 0.3) is 0 Å². The fourth-order valence-electron chi connectivity index (χ4n) is 5.97. The summed E-state index contributed by atoms with van der Waals surface area (Å²) in [6.45, 7) is 0.965. The molecule has 1 aliphatic heterocycles. The van der Waals surface area contributed by atoms with Crippen molar-refractivity contribution in [3.63, 3.8) is 0 Å². The van der Waals surface area contributed by atoms with E-state index in [0.717, 1.165) is 25.8 Å². The standard InChI is InChI=1S/C37H35Cl3IN3O3/c38-29-13-11-27(32(40)21-29)16-19-43-24-36(46)44(20-17-31(25-7-3-1-4-8-25)26-9-5-2-6-10-26)34(37(43)47)23-35(45)42-18-15-28-12-14-30(39)22-33(28)41/h1-14,21-22,31,34H,15-20,23-24H2,(H,42,45). The Morgan fingerprint density at radius 3 is 2.04 bits per heavy atom. The lowest BCUT2D eigenvalue weighted by molar-refractivity contribution is -0.157. The molecule has 1 fully saturated rings. The number of amides is 3. The molecule has 1 saturated heterocycles. The average Bonchev–Trinajstić information content (AvgIpc) is 3.06. The number of carbonyl (C=O) groups is 3. The third-order valence-electron chi connectivity index (χ3n) is 8.46. The van der Waals surface area contributed by atoms with E-state index in [1.807, 2.05) is 60.7 Å². The second-order valence-electron chi connectivity index (χ2n) is 11.6. The number of hydrogen-bond donors (Lipinski definition) is 1. The molecular formula is C37H35Cl3IN3O3. The van der Waals surface area contributed by atoms with Crippen LogP contribution in [0.2, 0.25) is 15.1 Å². The van der Waals surface area contributed by atoms with E-state index >= 15 is 0 Å². The molecule has 0 bridgehead atoms. The van der Waals surface area contributed by atoms with Gasteiger partial charge in [0.2, 0.25) is 17.7 Å². The van der Waals surface area contributed by atoms with E-state index in [-0.39, 0.29) is 36.6 Å². The second-order valence-corrected chi connectivity index (χ2v) is 14.0. The molecule has 3 amide bonds. The third-order valence-corrected chi connectivity index (χ3v) is 10.3. The van der Waals surface area contributed by atoms with E-state index in [4.69, 9.17) is 34.8 Å². The Labute approximate surface area is 304 Å². The number of nitrogens with zero attached hydrogens (tertiary/aromatic N) is 2. The van der Waals surface area contributed by atoms with Crippen molar-refractivity contribution in [2.45, 2.75) is 37.6 Å². The van der Waals surface area contributed by atoms with Crippen LogP contribution in [0.4, 0.5) is 0 Å². The van der Waals surface area contributed by atoms with Gasteiger partial charge in [0, 0.05) is 44.2 Å². The highest BCUT2D eigenvalue weighted by Gasteiger charge is 2.40. The predicted octanol–water partition coefficient (Wildman–Crippen LogP) is 7.80. The summed E-state index contributed by atoms with van der Waals surface area (Å²) < 4.78 is 1.02. The van der Waals surface area contributed by atoms with Crippen molar-refractivity contribution in [2.75, 3.05) is 26.2 Å². The number of piperazine rings is 1. The molecule has 10 heteroatoms. The van der Waals surface area contributed by atoms with Gasteiger partial charge in [-0.2, -0.15) is 0 Å². The van der Waals surface area contributed by atoms with Gasteiger partial charge in [-0.05, 0) is 88.4 Å². The topological polar surface area (TPSA) is 69.7 Å². The van der Waals surface area contributed by atoms with Crippen molar-refractivity contribution in [3.8, 4) is 0 Å². The number of rotatable bonds is 13. The quantitative estimate of drug-likeness (QED) is 0.140. The lowest BCUT2D eigenvalue weighted by Crippen LogP contribution is -2.61. The van der Waals surface area contributed by atoms with Crippen molar-refractivity contribution >= 4 is 75.1 Å². The Hall–Kier alpha value is -3.11. The fourth-order valence-corrected chi connectivity index (χ4v) is 7.61. The molecule has 1 aliphatic rings. The highest BCUT2D eigenvalue weighted by Crippen LogP contribution is 2.30. The molecule has 5 rings (SSSR count). The molecular weight excluding hydrogens is 768 g/mol. The zero-order chi connectivity index (χ0) is 33.3. The number of carbonyl (C=O) groups excluding carboxylic acids is 3. The number of benzene rings is 4. The minimum Gasteiger partial charge on any atom is -0.356 e. The third kappa shape index (κ3) is 9.50. The molecule has 4 aromatic rings. The first-order chi connectivity index (χ1) is 22.7. The van der Waals surface area contributed by atoms with E-state index < -0.39 is 6.04 Å².